The maximum Gasteiger partial charge on any atom is 0.289 e. The van der Waals surface area contributed by atoms with Gasteiger partial charge in [-0.2, -0.15) is 0 Å². The Balaban J connectivity index is 1.55. The molecular weight excluding hydrogens is 326 g/mol. The van der Waals surface area contributed by atoms with Crippen molar-refractivity contribution in [2.24, 2.45) is 13.0 Å². The molecule has 1 saturated carbocycles. The van der Waals surface area contributed by atoms with E-state index < -0.39 is 0 Å². The molecule has 1 amide bonds. The number of carbonyl (C=O) groups is 1. The summed E-state index contributed by atoms with van der Waals surface area (Å²) >= 11 is 1.57. The Morgan fingerprint density at radius 3 is 3.00 bits per heavy atom. The first-order valence-electron chi connectivity index (χ1n) is 8.17. The van der Waals surface area contributed by atoms with E-state index in [2.05, 4.69) is 4.98 Å². The van der Waals surface area contributed by atoms with Crippen molar-refractivity contribution in [2.45, 2.75) is 36.3 Å². The molecule has 7 heteroatoms. The second-order valence-electron chi connectivity index (χ2n) is 6.32. The summed E-state index contributed by atoms with van der Waals surface area (Å²) in [5.41, 5.74) is 0. The van der Waals surface area contributed by atoms with Gasteiger partial charge in [-0.25, -0.2) is 4.98 Å². The maximum atomic E-state index is 12.5. The number of rotatable bonds is 6. The molecule has 2 aromatic heterocycles. The first kappa shape index (κ1) is 17.1. The summed E-state index contributed by atoms with van der Waals surface area (Å²) < 4.78 is 7.63. The van der Waals surface area contributed by atoms with Gasteiger partial charge in [0, 0.05) is 39.0 Å². The lowest BCUT2D eigenvalue weighted by Gasteiger charge is -2.22. The van der Waals surface area contributed by atoms with Crippen LogP contribution in [0.3, 0.4) is 0 Å². The molecular formula is C17H23N3O3S. The number of furan rings is 1. The molecule has 6 nitrogen and oxygen atoms in total. The van der Waals surface area contributed by atoms with E-state index in [1.807, 2.05) is 23.9 Å². The SMILES string of the molecule is CN(CC1CCCC1O)C(=O)c1ccc(CSc2nccn2C)o1. The van der Waals surface area contributed by atoms with Gasteiger partial charge in [-0.05, 0) is 25.0 Å². The van der Waals surface area contributed by atoms with E-state index in [0.717, 1.165) is 30.2 Å². The molecule has 3 rings (SSSR count). The minimum Gasteiger partial charge on any atom is -0.455 e. The summed E-state index contributed by atoms with van der Waals surface area (Å²) in [7, 11) is 3.71. The Morgan fingerprint density at radius 2 is 2.33 bits per heavy atom. The molecule has 1 aliphatic carbocycles. The third-order valence-electron chi connectivity index (χ3n) is 4.47. The van der Waals surface area contributed by atoms with Gasteiger partial charge in [0.25, 0.3) is 5.91 Å². The number of thioether (sulfide) groups is 1. The Kier molecular flexibility index (Phi) is 5.30. The van der Waals surface area contributed by atoms with Gasteiger partial charge >= 0.3 is 0 Å². The average Bonchev–Trinajstić information content (AvgIpc) is 3.28. The zero-order valence-corrected chi connectivity index (χ0v) is 14.8. The molecule has 1 aliphatic rings. The maximum absolute atomic E-state index is 12.5. The summed E-state index contributed by atoms with van der Waals surface area (Å²) in [5.74, 6) is 1.76. The molecule has 0 radical (unpaired) electrons. The Labute approximate surface area is 145 Å². The van der Waals surface area contributed by atoms with Crippen LogP contribution in [0.2, 0.25) is 0 Å². The number of aromatic nitrogens is 2. The fraction of sp³-hybridized carbons (Fsp3) is 0.529. The van der Waals surface area contributed by atoms with Crippen molar-refractivity contribution in [1.82, 2.24) is 14.5 Å². The van der Waals surface area contributed by atoms with E-state index in [9.17, 15) is 9.90 Å². The minimum absolute atomic E-state index is 0.137. The Bertz CT molecular complexity index is 697. The summed E-state index contributed by atoms with van der Waals surface area (Å²) in [5, 5.41) is 10.8. The fourth-order valence-electron chi connectivity index (χ4n) is 3.05. The van der Waals surface area contributed by atoms with Gasteiger partial charge in [0.2, 0.25) is 0 Å². The molecule has 2 unspecified atom stereocenters. The monoisotopic (exact) mass is 349 g/mol. The lowest BCUT2D eigenvalue weighted by molar-refractivity contribution is 0.0664. The highest BCUT2D eigenvalue weighted by Gasteiger charge is 2.28. The van der Waals surface area contributed by atoms with Crippen LogP contribution in [0, 0.1) is 5.92 Å². The van der Waals surface area contributed by atoms with Crippen molar-refractivity contribution in [3.63, 3.8) is 0 Å². The number of nitrogens with zero attached hydrogens (tertiary/aromatic N) is 3. The third kappa shape index (κ3) is 3.84. The first-order chi connectivity index (χ1) is 11.5. The van der Waals surface area contributed by atoms with Crippen molar-refractivity contribution in [3.8, 4) is 0 Å². The minimum atomic E-state index is -0.290. The molecule has 2 aromatic rings. The quantitative estimate of drug-likeness (QED) is 0.812. The molecule has 0 aromatic carbocycles. The number of aryl methyl sites for hydroxylation is 1. The summed E-state index contributed by atoms with van der Waals surface area (Å²) in [6, 6.07) is 3.56. The van der Waals surface area contributed by atoms with Gasteiger partial charge in [-0.3, -0.25) is 4.79 Å². The molecule has 0 aliphatic heterocycles. The highest BCUT2D eigenvalue weighted by Crippen LogP contribution is 2.27. The van der Waals surface area contributed by atoms with Crippen LogP contribution < -0.4 is 0 Å². The van der Waals surface area contributed by atoms with Crippen LogP contribution in [0.4, 0.5) is 0 Å². The van der Waals surface area contributed by atoms with E-state index in [1.54, 1.807) is 36.0 Å². The van der Waals surface area contributed by atoms with Crippen molar-refractivity contribution in [3.05, 3.63) is 36.0 Å². The number of hydrogen-bond acceptors (Lipinski definition) is 5. The van der Waals surface area contributed by atoms with Gasteiger partial charge < -0.3 is 19.0 Å². The number of aliphatic hydroxyl groups excluding tert-OH is 1. The van der Waals surface area contributed by atoms with Crippen molar-refractivity contribution < 1.29 is 14.3 Å². The van der Waals surface area contributed by atoms with Crippen LogP contribution >= 0.6 is 11.8 Å². The number of aliphatic hydroxyl groups is 1. The topological polar surface area (TPSA) is 71.5 Å². The van der Waals surface area contributed by atoms with Crippen molar-refractivity contribution in [2.75, 3.05) is 13.6 Å². The molecule has 1 N–H and O–H groups in total. The van der Waals surface area contributed by atoms with Crippen LogP contribution in [-0.4, -0.2) is 45.2 Å². The molecule has 24 heavy (non-hydrogen) atoms. The third-order valence-corrected chi connectivity index (χ3v) is 5.55. The highest BCUT2D eigenvalue weighted by molar-refractivity contribution is 7.98. The van der Waals surface area contributed by atoms with Crippen LogP contribution in [0.25, 0.3) is 0 Å². The Hall–Kier alpha value is -1.73. The number of amides is 1. The zero-order chi connectivity index (χ0) is 17.1. The summed E-state index contributed by atoms with van der Waals surface area (Å²) in [6.07, 6.45) is 6.20. The van der Waals surface area contributed by atoms with Gasteiger partial charge in [-0.15, -0.1) is 0 Å². The predicted molar refractivity (Wildman–Crippen MR) is 91.8 cm³/mol. The Morgan fingerprint density at radius 1 is 1.50 bits per heavy atom. The zero-order valence-electron chi connectivity index (χ0n) is 14.0. The lowest BCUT2D eigenvalue weighted by Crippen LogP contribution is -2.34. The van der Waals surface area contributed by atoms with Gasteiger partial charge in [0.1, 0.15) is 5.76 Å². The number of imidazole rings is 1. The molecule has 2 heterocycles. The summed E-state index contributed by atoms with van der Waals surface area (Å²) in [6.45, 7) is 0.568. The van der Waals surface area contributed by atoms with Crippen LogP contribution in [0.1, 0.15) is 35.6 Å². The standard InChI is InChI=1S/C17H23N3O3S/c1-19-9-8-18-17(19)24-11-13-6-7-15(23-13)16(22)20(2)10-12-4-3-5-14(12)21/h6-9,12,14,21H,3-5,10-11H2,1-2H3. The molecule has 0 saturated heterocycles. The molecule has 1 fully saturated rings. The first-order valence-corrected chi connectivity index (χ1v) is 9.15. The van der Waals surface area contributed by atoms with E-state index in [0.29, 0.717) is 18.1 Å². The second-order valence-corrected chi connectivity index (χ2v) is 7.26. The molecule has 0 spiro atoms. The van der Waals surface area contributed by atoms with E-state index in [4.69, 9.17) is 4.42 Å². The number of carbonyl (C=O) groups excluding carboxylic acids is 1. The smallest absolute Gasteiger partial charge is 0.289 e. The van der Waals surface area contributed by atoms with E-state index in [1.165, 1.54) is 0 Å². The largest absolute Gasteiger partial charge is 0.455 e. The average molecular weight is 349 g/mol. The number of hydrogen-bond donors (Lipinski definition) is 1. The van der Waals surface area contributed by atoms with Crippen LogP contribution in [0.15, 0.2) is 34.1 Å². The van der Waals surface area contributed by atoms with Crippen molar-refractivity contribution >= 4 is 17.7 Å². The molecule has 2 atom stereocenters. The fourth-order valence-corrected chi connectivity index (χ4v) is 3.88. The lowest BCUT2D eigenvalue weighted by atomic mass is 10.1. The van der Waals surface area contributed by atoms with Gasteiger partial charge in [0.15, 0.2) is 10.9 Å². The second kappa shape index (κ2) is 7.44. The van der Waals surface area contributed by atoms with Gasteiger partial charge in [-0.1, -0.05) is 18.2 Å². The van der Waals surface area contributed by atoms with Gasteiger partial charge in [0.05, 0.1) is 11.9 Å². The normalized spacial score (nSPS) is 20.5. The predicted octanol–water partition coefficient (Wildman–Crippen LogP) is 2.54. The van der Waals surface area contributed by atoms with Crippen molar-refractivity contribution in [1.29, 1.82) is 0 Å². The highest BCUT2D eigenvalue weighted by atomic mass is 32.2. The summed E-state index contributed by atoms with van der Waals surface area (Å²) in [4.78, 5) is 18.4. The van der Waals surface area contributed by atoms with Crippen LogP contribution in [-0.2, 0) is 12.8 Å². The van der Waals surface area contributed by atoms with E-state index in [-0.39, 0.29) is 17.9 Å². The van der Waals surface area contributed by atoms with Crippen LogP contribution in [0.5, 0.6) is 0 Å². The molecule has 0 bridgehead atoms. The molecule has 130 valence electrons. The van der Waals surface area contributed by atoms with E-state index >= 15 is 0 Å².